The number of hydrogen-bond acceptors (Lipinski definition) is 2. The molecular weight excluding hydrogens is 196 g/mol. The standard InChI is InChI=1S/C7H5ClN2OS/c8-4-1-2-5-6(3-4)12-10-7(11)9-5/h1-3H,(H2,9,10,11). The van der Waals surface area contributed by atoms with E-state index >= 15 is 0 Å². The topological polar surface area (TPSA) is 41.1 Å². The van der Waals surface area contributed by atoms with Crippen molar-refractivity contribution in [1.82, 2.24) is 4.72 Å². The van der Waals surface area contributed by atoms with Gasteiger partial charge in [0.2, 0.25) is 0 Å². The van der Waals surface area contributed by atoms with Crippen LogP contribution in [0.5, 0.6) is 0 Å². The average molecular weight is 201 g/mol. The molecule has 0 saturated carbocycles. The molecule has 2 rings (SSSR count). The van der Waals surface area contributed by atoms with Crippen molar-refractivity contribution in [3.8, 4) is 0 Å². The summed E-state index contributed by atoms with van der Waals surface area (Å²) in [6.45, 7) is 0. The normalized spacial score (nSPS) is 14.6. The van der Waals surface area contributed by atoms with Crippen molar-refractivity contribution in [2.45, 2.75) is 4.90 Å². The third kappa shape index (κ3) is 1.35. The number of hydrogen-bond donors (Lipinski definition) is 2. The number of benzene rings is 1. The molecule has 2 N–H and O–H groups in total. The predicted molar refractivity (Wildman–Crippen MR) is 49.5 cm³/mol. The predicted octanol–water partition coefficient (Wildman–Crippen LogP) is 2.48. The first-order chi connectivity index (χ1) is 5.75. The first-order valence-corrected chi connectivity index (χ1v) is 4.48. The van der Waals surface area contributed by atoms with Gasteiger partial charge in [0, 0.05) is 5.02 Å². The van der Waals surface area contributed by atoms with Crippen LogP contribution in [0, 0.1) is 0 Å². The number of nitrogens with one attached hydrogen (secondary N) is 2. The van der Waals surface area contributed by atoms with Gasteiger partial charge < -0.3 is 5.32 Å². The van der Waals surface area contributed by atoms with Crippen LogP contribution in [0.1, 0.15) is 0 Å². The van der Waals surface area contributed by atoms with Crippen molar-refractivity contribution in [3.63, 3.8) is 0 Å². The van der Waals surface area contributed by atoms with E-state index in [1.54, 1.807) is 18.2 Å². The largest absolute Gasteiger partial charge is 0.329 e. The fraction of sp³-hybridized carbons (Fsp3) is 0. The first kappa shape index (κ1) is 7.76. The van der Waals surface area contributed by atoms with Gasteiger partial charge in [-0.1, -0.05) is 11.6 Å². The van der Waals surface area contributed by atoms with Gasteiger partial charge in [-0.3, -0.25) is 4.72 Å². The molecule has 1 aliphatic rings. The van der Waals surface area contributed by atoms with Gasteiger partial charge in [0.1, 0.15) is 0 Å². The Labute approximate surface area is 78.6 Å². The molecule has 2 amide bonds. The lowest BCUT2D eigenvalue weighted by Crippen LogP contribution is -2.26. The highest BCUT2D eigenvalue weighted by Crippen LogP contribution is 2.30. The Hall–Kier alpha value is -0.870. The van der Waals surface area contributed by atoms with E-state index in [4.69, 9.17) is 11.6 Å². The Bertz CT molecular complexity index is 342. The summed E-state index contributed by atoms with van der Waals surface area (Å²) < 4.78 is 2.57. The van der Waals surface area contributed by atoms with Crippen molar-refractivity contribution in [1.29, 1.82) is 0 Å². The molecule has 62 valence electrons. The molecular formula is C7H5ClN2OS. The monoisotopic (exact) mass is 200 g/mol. The van der Waals surface area contributed by atoms with Gasteiger partial charge in [0.05, 0.1) is 10.6 Å². The van der Waals surface area contributed by atoms with Crippen molar-refractivity contribution in [2.24, 2.45) is 0 Å². The lowest BCUT2D eigenvalue weighted by Gasteiger charge is -2.16. The number of halogens is 1. The van der Waals surface area contributed by atoms with E-state index < -0.39 is 0 Å². The van der Waals surface area contributed by atoms with Crippen LogP contribution in [-0.2, 0) is 0 Å². The van der Waals surface area contributed by atoms with Crippen LogP contribution in [0.25, 0.3) is 0 Å². The van der Waals surface area contributed by atoms with E-state index in [0.717, 1.165) is 10.6 Å². The Morgan fingerprint density at radius 1 is 1.42 bits per heavy atom. The van der Waals surface area contributed by atoms with Crippen LogP contribution >= 0.6 is 23.5 Å². The SMILES string of the molecule is O=C1NSc2cc(Cl)ccc2N1. The Balaban J connectivity index is 2.43. The zero-order chi connectivity index (χ0) is 8.55. The summed E-state index contributed by atoms with van der Waals surface area (Å²) in [5, 5.41) is 3.32. The Kier molecular flexibility index (Phi) is 1.86. The molecule has 1 aromatic carbocycles. The number of amides is 2. The second-order valence-electron chi connectivity index (χ2n) is 2.30. The maximum absolute atomic E-state index is 10.8. The molecule has 0 radical (unpaired) electrons. The molecule has 5 heteroatoms. The van der Waals surface area contributed by atoms with Crippen molar-refractivity contribution < 1.29 is 4.79 Å². The number of rotatable bonds is 0. The van der Waals surface area contributed by atoms with Gasteiger partial charge in [-0.05, 0) is 30.1 Å². The highest BCUT2D eigenvalue weighted by atomic mass is 35.5. The number of fused-ring (bicyclic) bond motifs is 1. The molecule has 0 aromatic heterocycles. The van der Waals surface area contributed by atoms with E-state index in [1.165, 1.54) is 11.9 Å². The Morgan fingerprint density at radius 2 is 2.25 bits per heavy atom. The zero-order valence-corrected chi connectivity index (χ0v) is 7.50. The summed E-state index contributed by atoms with van der Waals surface area (Å²) in [4.78, 5) is 11.8. The number of urea groups is 1. The molecule has 0 atom stereocenters. The van der Waals surface area contributed by atoms with Gasteiger partial charge in [0.15, 0.2) is 0 Å². The van der Waals surface area contributed by atoms with Crippen molar-refractivity contribution in [2.75, 3.05) is 5.32 Å². The van der Waals surface area contributed by atoms with E-state index in [0.29, 0.717) is 5.02 Å². The van der Waals surface area contributed by atoms with Crippen LogP contribution in [0.3, 0.4) is 0 Å². The Morgan fingerprint density at radius 3 is 3.08 bits per heavy atom. The summed E-state index contributed by atoms with van der Waals surface area (Å²) in [7, 11) is 0. The summed E-state index contributed by atoms with van der Waals surface area (Å²) in [5.74, 6) is 0. The van der Waals surface area contributed by atoms with Crippen LogP contribution in [0.4, 0.5) is 10.5 Å². The van der Waals surface area contributed by atoms with Gasteiger partial charge in [-0.15, -0.1) is 0 Å². The average Bonchev–Trinajstić information content (AvgIpc) is 2.05. The summed E-state index contributed by atoms with van der Waals surface area (Å²) in [6.07, 6.45) is 0. The fourth-order valence-electron chi connectivity index (χ4n) is 0.933. The number of anilines is 1. The minimum absolute atomic E-state index is 0.199. The summed E-state index contributed by atoms with van der Waals surface area (Å²) >= 11 is 7.02. The minimum Gasteiger partial charge on any atom is -0.306 e. The third-order valence-electron chi connectivity index (χ3n) is 1.45. The van der Waals surface area contributed by atoms with Crippen LogP contribution < -0.4 is 10.0 Å². The molecule has 0 aliphatic carbocycles. The number of carbonyl (C=O) groups is 1. The maximum Gasteiger partial charge on any atom is 0.329 e. The van der Waals surface area contributed by atoms with Crippen molar-refractivity contribution >= 4 is 35.3 Å². The summed E-state index contributed by atoms with van der Waals surface area (Å²) in [5.41, 5.74) is 0.799. The minimum atomic E-state index is -0.199. The molecule has 12 heavy (non-hydrogen) atoms. The fourth-order valence-corrected chi connectivity index (χ4v) is 1.84. The molecule has 1 aromatic rings. The van der Waals surface area contributed by atoms with Crippen LogP contribution in [0.15, 0.2) is 23.1 Å². The second kappa shape index (κ2) is 2.88. The van der Waals surface area contributed by atoms with E-state index in [1.807, 2.05) is 0 Å². The smallest absolute Gasteiger partial charge is 0.306 e. The van der Waals surface area contributed by atoms with Crippen molar-refractivity contribution in [3.05, 3.63) is 23.2 Å². The zero-order valence-electron chi connectivity index (χ0n) is 5.93. The molecule has 1 aliphatic heterocycles. The molecule has 3 nitrogen and oxygen atoms in total. The molecule has 1 heterocycles. The molecule has 0 saturated heterocycles. The maximum atomic E-state index is 10.8. The highest BCUT2D eigenvalue weighted by molar-refractivity contribution is 7.98. The van der Waals surface area contributed by atoms with Gasteiger partial charge in [0.25, 0.3) is 0 Å². The molecule has 0 unspecified atom stereocenters. The number of carbonyl (C=O) groups excluding carboxylic acids is 1. The molecule has 0 bridgehead atoms. The van der Waals surface area contributed by atoms with Gasteiger partial charge in [-0.25, -0.2) is 4.79 Å². The first-order valence-electron chi connectivity index (χ1n) is 3.29. The van der Waals surface area contributed by atoms with Gasteiger partial charge in [-0.2, -0.15) is 0 Å². The quantitative estimate of drug-likeness (QED) is 0.632. The van der Waals surface area contributed by atoms with Gasteiger partial charge >= 0.3 is 6.03 Å². The second-order valence-corrected chi connectivity index (χ2v) is 3.58. The van der Waals surface area contributed by atoms with Crippen LogP contribution in [-0.4, -0.2) is 6.03 Å². The van der Waals surface area contributed by atoms with E-state index in [2.05, 4.69) is 10.0 Å². The molecule has 0 fully saturated rings. The van der Waals surface area contributed by atoms with E-state index in [9.17, 15) is 4.79 Å². The summed E-state index contributed by atoms with van der Waals surface area (Å²) in [6, 6.07) is 5.12. The molecule has 0 spiro atoms. The third-order valence-corrected chi connectivity index (χ3v) is 2.53. The van der Waals surface area contributed by atoms with Crippen LogP contribution in [0.2, 0.25) is 5.02 Å². The highest BCUT2D eigenvalue weighted by Gasteiger charge is 2.13. The van der Waals surface area contributed by atoms with E-state index in [-0.39, 0.29) is 6.03 Å². The lowest BCUT2D eigenvalue weighted by molar-refractivity contribution is 0.257. The lowest BCUT2D eigenvalue weighted by atomic mass is 10.3.